The minimum absolute atomic E-state index is 0.363. The Balaban J connectivity index is 2.20. The molecule has 0 aliphatic carbocycles. The van der Waals surface area contributed by atoms with E-state index >= 15 is 0 Å². The van der Waals surface area contributed by atoms with Crippen LogP contribution in [-0.2, 0) is 4.79 Å². The highest BCUT2D eigenvalue weighted by atomic mass is 19.4. The number of rotatable bonds is 0. The van der Waals surface area contributed by atoms with Gasteiger partial charge in [0.05, 0.1) is 5.41 Å². The van der Waals surface area contributed by atoms with E-state index in [1.807, 2.05) is 0 Å². The molecule has 0 unspecified atom stereocenters. The van der Waals surface area contributed by atoms with Crippen molar-refractivity contribution in [1.82, 2.24) is 10.3 Å². The van der Waals surface area contributed by atoms with Crippen molar-refractivity contribution in [3.8, 4) is 0 Å². The van der Waals surface area contributed by atoms with Crippen molar-refractivity contribution in [2.45, 2.75) is 19.1 Å². The summed E-state index contributed by atoms with van der Waals surface area (Å²) in [6, 6.07) is 0. The van der Waals surface area contributed by atoms with Crippen LogP contribution >= 0.6 is 0 Å². The molecule has 0 radical (unpaired) electrons. The zero-order valence-electron chi connectivity index (χ0n) is 7.84. The third kappa shape index (κ3) is 1.60. The zero-order valence-corrected chi connectivity index (χ0v) is 7.84. The molecule has 0 aromatic rings. The average molecular weight is 221 g/mol. The monoisotopic (exact) mass is 221 g/mol. The molecule has 2 rings (SSSR count). The maximum absolute atomic E-state index is 12.3. The standard InChI is InChI=1S/C8H10F3N3O/c9-8(10,11)14-6(15)7(5-13-14)1-3-12-4-2-7/h5,12H,1-4H2. The van der Waals surface area contributed by atoms with E-state index in [0.717, 1.165) is 6.21 Å². The van der Waals surface area contributed by atoms with Crippen molar-refractivity contribution >= 4 is 12.1 Å². The van der Waals surface area contributed by atoms with E-state index in [-0.39, 0.29) is 5.01 Å². The van der Waals surface area contributed by atoms with Gasteiger partial charge in [-0.05, 0) is 25.9 Å². The molecule has 84 valence electrons. The number of carbonyl (C=O) groups is 1. The van der Waals surface area contributed by atoms with E-state index in [1.54, 1.807) is 0 Å². The average Bonchev–Trinajstić information content (AvgIpc) is 2.45. The molecule has 2 aliphatic rings. The summed E-state index contributed by atoms with van der Waals surface area (Å²) >= 11 is 0. The van der Waals surface area contributed by atoms with Gasteiger partial charge < -0.3 is 5.32 Å². The summed E-state index contributed by atoms with van der Waals surface area (Å²) in [4.78, 5) is 11.6. The van der Waals surface area contributed by atoms with E-state index in [0.29, 0.717) is 25.9 Å². The molecule has 1 amide bonds. The molecule has 1 N–H and O–H groups in total. The molecule has 1 spiro atoms. The van der Waals surface area contributed by atoms with Crippen molar-refractivity contribution in [3.63, 3.8) is 0 Å². The van der Waals surface area contributed by atoms with Crippen molar-refractivity contribution in [2.75, 3.05) is 13.1 Å². The zero-order chi connectivity index (χ0) is 11.1. The van der Waals surface area contributed by atoms with Gasteiger partial charge in [0.25, 0.3) is 5.91 Å². The number of halogens is 3. The maximum atomic E-state index is 12.3. The number of piperidine rings is 1. The van der Waals surface area contributed by atoms with Gasteiger partial charge >= 0.3 is 6.30 Å². The first-order chi connectivity index (χ1) is 6.96. The number of hydrazone groups is 1. The molecular formula is C8H10F3N3O. The first-order valence-electron chi connectivity index (χ1n) is 4.63. The van der Waals surface area contributed by atoms with Crippen LogP contribution < -0.4 is 5.32 Å². The fraction of sp³-hybridized carbons (Fsp3) is 0.750. The fourth-order valence-corrected chi connectivity index (χ4v) is 1.88. The summed E-state index contributed by atoms with van der Waals surface area (Å²) in [5.74, 6) is -0.948. The Bertz CT molecular complexity index is 307. The van der Waals surface area contributed by atoms with Crippen molar-refractivity contribution in [2.24, 2.45) is 10.5 Å². The van der Waals surface area contributed by atoms with Gasteiger partial charge in [-0.2, -0.15) is 5.10 Å². The van der Waals surface area contributed by atoms with E-state index in [1.165, 1.54) is 0 Å². The minimum atomic E-state index is -4.71. The largest absolute Gasteiger partial charge is 0.507 e. The quantitative estimate of drug-likeness (QED) is 0.612. The second kappa shape index (κ2) is 3.19. The lowest BCUT2D eigenvalue weighted by Crippen LogP contribution is -2.47. The van der Waals surface area contributed by atoms with Crippen LogP contribution in [0.25, 0.3) is 0 Å². The lowest BCUT2D eigenvalue weighted by molar-refractivity contribution is -0.241. The molecule has 0 aromatic carbocycles. The smallest absolute Gasteiger partial charge is 0.317 e. The van der Waals surface area contributed by atoms with E-state index in [2.05, 4.69) is 10.4 Å². The summed E-state index contributed by atoms with van der Waals surface area (Å²) in [5, 5.41) is 5.80. The second-order valence-electron chi connectivity index (χ2n) is 3.74. The number of hydrogen-bond donors (Lipinski definition) is 1. The van der Waals surface area contributed by atoms with Crippen LogP contribution in [0.1, 0.15) is 12.8 Å². The Morgan fingerprint density at radius 3 is 2.47 bits per heavy atom. The van der Waals surface area contributed by atoms with Gasteiger partial charge in [0.1, 0.15) is 0 Å². The Kier molecular flexibility index (Phi) is 2.22. The topological polar surface area (TPSA) is 44.7 Å². The summed E-state index contributed by atoms with van der Waals surface area (Å²) in [5.41, 5.74) is -1.03. The highest BCUT2D eigenvalue weighted by Crippen LogP contribution is 2.38. The SMILES string of the molecule is O=C1N(C(F)(F)F)N=CC12CCNCC2. The Morgan fingerprint density at radius 2 is 2.00 bits per heavy atom. The van der Waals surface area contributed by atoms with Crippen LogP contribution in [0.4, 0.5) is 13.2 Å². The third-order valence-electron chi connectivity index (χ3n) is 2.77. The number of hydrogen-bond acceptors (Lipinski definition) is 3. The molecule has 1 saturated heterocycles. The summed E-state index contributed by atoms with van der Waals surface area (Å²) < 4.78 is 37.0. The van der Waals surface area contributed by atoms with E-state index in [9.17, 15) is 18.0 Å². The number of nitrogens with zero attached hydrogens (tertiary/aromatic N) is 2. The van der Waals surface area contributed by atoms with Gasteiger partial charge in [0.2, 0.25) is 0 Å². The van der Waals surface area contributed by atoms with Gasteiger partial charge in [-0.15, -0.1) is 18.2 Å². The maximum Gasteiger partial charge on any atom is 0.507 e. The normalized spacial score (nSPS) is 25.3. The molecule has 2 heterocycles. The molecule has 0 aromatic heterocycles. The molecule has 15 heavy (non-hydrogen) atoms. The van der Waals surface area contributed by atoms with Crippen LogP contribution in [0.15, 0.2) is 5.10 Å². The van der Waals surface area contributed by atoms with Crippen LogP contribution in [0, 0.1) is 5.41 Å². The molecule has 4 nitrogen and oxygen atoms in total. The van der Waals surface area contributed by atoms with Crippen molar-refractivity contribution < 1.29 is 18.0 Å². The predicted molar refractivity (Wildman–Crippen MR) is 45.9 cm³/mol. The number of alkyl halides is 3. The Hall–Kier alpha value is -1.11. The van der Waals surface area contributed by atoms with Gasteiger partial charge in [-0.1, -0.05) is 0 Å². The summed E-state index contributed by atoms with van der Waals surface area (Å²) in [6.45, 7) is 1.09. The molecule has 1 fully saturated rings. The van der Waals surface area contributed by atoms with Gasteiger partial charge in [0.15, 0.2) is 0 Å². The van der Waals surface area contributed by atoms with Crippen molar-refractivity contribution in [3.05, 3.63) is 0 Å². The first kappa shape index (κ1) is 10.4. The number of nitrogens with one attached hydrogen (secondary N) is 1. The summed E-state index contributed by atoms with van der Waals surface area (Å²) in [7, 11) is 0. The van der Waals surface area contributed by atoms with Crippen LogP contribution in [0.5, 0.6) is 0 Å². The molecule has 0 atom stereocenters. The Labute approximate surface area is 84.1 Å². The molecule has 7 heteroatoms. The molecular weight excluding hydrogens is 211 g/mol. The molecule has 0 saturated carbocycles. The number of amides is 1. The number of carbonyl (C=O) groups excluding carboxylic acids is 1. The third-order valence-corrected chi connectivity index (χ3v) is 2.77. The van der Waals surface area contributed by atoms with Crippen molar-refractivity contribution in [1.29, 1.82) is 0 Å². The van der Waals surface area contributed by atoms with Gasteiger partial charge in [-0.25, -0.2) is 0 Å². The van der Waals surface area contributed by atoms with Crippen LogP contribution in [0.2, 0.25) is 0 Å². The van der Waals surface area contributed by atoms with E-state index < -0.39 is 17.6 Å². The highest BCUT2D eigenvalue weighted by molar-refractivity contribution is 6.02. The van der Waals surface area contributed by atoms with Gasteiger partial charge in [0, 0.05) is 6.21 Å². The fourth-order valence-electron chi connectivity index (χ4n) is 1.88. The lowest BCUT2D eigenvalue weighted by atomic mass is 9.80. The van der Waals surface area contributed by atoms with E-state index in [4.69, 9.17) is 0 Å². The predicted octanol–water partition coefficient (Wildman–Crippen LogP) is 0.704. The molecule has 2 aliphatic heterocycles. The first-order valence-corrected chi connectivity index (χ1v) is 4.63. The van der Waals surface area contributed by atoms with Gasteiger partial charge in [-0.3, -0.25) is 4.79 Å². The summed E-state index contributed by atoms with van der Waals surface area (Å²) in [6.07, 6.45) is -2.81. The van der Waals surface area contributed by atoms with Crippen LogP contribution in [-0.4, -0.2) is 36.5 Å². The Morgan fingerprint density at radius 1 is 1.40 bits per heavy atom. The minimum Gasteiger partial charge on any atom is -0.317 e. The highest BCUT2D eigenvalue weighted by Gasteiger charge is 2.54. The molecule has 0 bridgehead atoms. The van der Waals surface area contributed by atoms with Crippen LogP contribution in [0.3, 0.4) is 0 Å². The lowest BCUT2D eigenvalue weighted by Gasteiger charge is -2.30. The second-order valence-corrected chi connectivity index (χ2v) is 3.74.